The lowest BCUT2D eigenvalue weighted by atomic mass is 10.1. The molecule has 43 heavy (non-hydrogen) atoms. The highest BCUT2D eigenvalue weighted by molar-refractivity contribution is 6.09. The Kier molecular flexibility index (Phi) is 4.92. The van der Waals surface area contributed by atoms with Crippen molar-refractivity contribution in [2.45, 2.75) is 0 Å². The molecular formula is C36H22N6O. The van der Waals surface area contributed by atoms with Gasteiger partial charge in [0, 0.05) is 22.0 Å². The molecule has 4 aromatic heterocycles. The van der Waals surface area contributed by atoms with Crippen LogP contribution in [0.2, 0.25) is 0 Å². The highest BCUT2D eigenvalue weighted by atomic mass is 16.1. The van der Waals surface area contributed by atoms with Crippen LogP contribution in [-0.2, 0) is 0 Å². The van der Waals surface area contributed by atoms with Gasteiger partial charge in [-0.05, 0) is 36.4 Å². The third-order valence-electron chi connectivity index (χ3n) is 8.09. The van der Waals surface area contributed by atoms with E-state index in [2.05, 4.69) is 16.5 Å². The number of imidazole rings is 1. The summed E-state index contributed by atoms with van der Waals surface area (Å²) in [6.45, 7) is 0. The molecular weight excluding hydrogens is 532 g/mol. The fourth-order valence-electron chi connectivity index (χ4n) is 6.29. The van der Waals surface area contributed by atoms with Crippen LogP contribution in [-0.4, -0.2) is 28.5 Å². The third kappa shape index (κ3) is 3.36. The van der Waals surface area contributed by atoms with Gasteiger partial charge in [0.05, 0.1) is 33.3 Å². The van der Waals surface area contributed by atoms with Crippen LogP contribution in [0, 0.1) is 0 Å². The molecule has 0 radical (unpaired) electrons. The van der Waals surface area contributed by atoms with Crippen LogP contribution in [0.1, 0.15) is 0 Å². The van der Waals surface area contributed by atoms with Crippen LogP contribution < -0.4 is 5.56 Å². The van der Waals surface area contributed by atoms with E-state index in [0.717, 1.165) is 55.3 Å². The lowest BCUT2D eigenvalue weighted by molar-refractivity contribution is 0.992. The van der Waals surface area contributed by atoms with Crippen molar-refractivity contribution < 1.29 is 0 Å². The van der Waals surface area contributed by atoms with Crippen molar-refractivity contribution >= 4 is 49.7 Å². The Morgan fingerprint density at radius 2 is 1.12 bits per heavy atom. The van der Waals surface area contributed by atoms with E-state index in [4.69, 9.17) is 15.0 Å². The van der Waals surface area contributed by atoms with E-state index >= 15 is 0 Å². The van der Waals surface area contributed by atoms with E-state index in [1.807, 2.05) is 130 Å². The number of aromatic nitrogens is 6. The Balaban J connectivity index is 1.47. The summed E-state index contributed by atoms with van der Waals surface area (Å²) in [4.78, 5) is 29.1. The fourth-order valence-corrected chi connectivity index (χ4v) is 6.29. The lowest BCUT2D eigenvalue weighted by Crippen LogP contribution is -2.15. The van der Waals surface area contributed by atoms with Gasteiger partial charge in [-0.25, -0.2) is 9.97 Å². The third-order valence-corrected chi connectivity index (χ3v) is 8.09. The number of benzene rings is 5. The van der Waals surface area contributed by atoms with Crippen molar-refractivity contribution in [1.29, 1.82) is 0 Å². The van der Waals surface area contributed by atoms with E-state index in [1.165, 1.54) is 0 Å². The number of nitrogens with zero attached hydrogens (tertiary/aromatic N) is 6. The largest absolute Gasteiger partial charge is 0.299 e. The summed E-state index contributed by atoms with van der Waals surface area (Å²) >= 11 is 0. The Hall–Kier alpha value is -6.08. The van der Waals surface area contributed by atoms with Crippen LogP contribution in [0.25, 0.3) is 72.5 Å². The van der Waals surface area contributed by atoms with Crippen molar-refractivity contribution in [3.63, 3.8) is 0 Å². The van der Waals surface area contributed by atoms with Crippen molar-refractivity contribution in [3.8, 4) is 22.9 Å². The normalized spacial score (nSPS) is 11.8. The number of para-hydroxylation sites is 5. The predicted molar refractivity (Wildman–Crippen MR) is 171 cm³/mol. The van der Waals surface area contributed by atoms with Gasteiger partial charge in [-0.2, -0.15) is 4.98 Å². The standard InChI is InChI=1S/C36H22N6O/c43-34-33-32(42-30-22-12-11-21-29(30)40(36(42)39-34)24-15-5-2-6-16-24)26-18-8-10-20-28(26)41(33)35-37-27-19-9-7-17-25(27)31(38-35)23-13-3-1-4-14-23/h1-22H. The maximum atomic E-state index is 14.2. The van der Waals surface area contributed by atoms with Gasteiger partial charge in [0.2, 0.25) is 11.7 Å². The molecule has 7 nitrogen and oxygen atoms in total. The van der Waals surface area contributed by atoms with Gasteiger partial charge in [0.25, 0.3) is 5.56 Å². The first-order chi connectivity index (χ1) is 21.3. The monoisotopic (exact) mass is 554 g/mol. The number of rotatable bonds is 3. The summed E-state index contributed by atoms with van der Waals surface area (Å²) in [7, 11) is 0. The summed E-state index contributed by atoms with van der Waals surface area (Å²) in [5.41, 5.74) is 7.12. The molecule has 0 aliphatic carbocycles. The Morgan fingerprint density at radius 3 is 1.91 bits per heavy atom. The van der Waals surface area contributed by atoms with Gasteiger partial charge >= 0.3 is 0 Å². The number of fused-ring (bicyclic) bond motifs is 8. The van der Waals surface area contributed by atoms with Crippen LogP contribution in [0.15, 0.2) is 138 Å². The maximum absolute atomic E-state index is 14.2. The van der Waals surface area contributed by atoms with Gasteiger partial charge in [0.15, 0.2) is 0 Å². The molecule has 7 heteroatoms. The lowest BCUT2D eigenvalue weighted by Gasteiger charge is -2.11. The predicted octanol–water partition coefficient (Wildman–Crippen LogP) is 7.35. The molecule has 0 N–H and O–H groups in total. The van der Waals surface area contributed by atoms with E-state index in [-0.39, 0.29) is 5.56 Å². The van der Waals surface area contributed by atoms with Crippen molar-refractivity contribution in [1.82, 2.24) is 28.5 Å². The van der Waals surface area contributed by atoms with Gasteiger partial charge < -0.3 is 0 Å². The molecule has 4 heterocycles. The smallest absolute Gasteiger partial charge is 0.278 e. The molecule has 5 aromatic carbocycles. The van der Waals surface area contributed by atoms with Gasteiger partial charge in [-0.15, -0.1) is 0 Å². The molecule has 9 rings (SSSR count). The second-order valence-electron chi connectivity index (χ2n) is 10.5. The van der Waals surface area contributed by atoms with Crippen LogP contribution in [0.5, 0.6) is 0 Å². The molecule has 0 spiro atoms. The van der Waals surface area contributed by atoms with E-state index in [1.54, 1.807) is 0 Å². The first-order valence-electron chi connectivity index (χ1n) is 14.1. The molecule has 202 valence electrons. The Labute approximate surface area is 244 Å². The molecule has 0 amide bonds. The molecule has 0 fully saturated rings. The molecule has 0 aliphatic rings. The maximum Gasteiger partial charge on any atom is 0.299 e. The molecule has 0 aliphatic heterocycles. The van der Waals surface area contributed by atoms with Crippen LogP contribution in [0.3, 0.4) is 0 Å². The SMILES string of the molecule is O=c1nc2n(-c3ccccc3)c3ccccc3n2c2c3ccccc3n(-c3nc(-c4ccccc4)c4ccccc4n3)c12. The van der Waals surface area contributed by atoms with Gasteiger partial charge in [0.1, 0.15) is 5.52 Å². The van der Waals surface area contributed by atoms with Crippen molar-refractivity contribution in [2.75, 3.05) is 0 Å². The molecule has 9 aromatic rings. The first kappa shape index (κ1) is 23.6. The summed E-state index contributed by atoms with van der Waals surface area (Å²) in [5, 5.41) is 1.86. The molecule has 0 atom stereocenters. The number of hydrogen-bond acceptors (Lipinski definition) is 4. The van der Waals surface area contributed by atoms with E-state index in [0.29, 0.717) is 17.2 Å². The molecule has 0 bridgehead atoms. The summed E-state index contributed by atoms with van der Waals surface area (Å²) in [5.74, 6) is 0.978. The quantitative estimate of drug-likeness (QED) is 0.229. The van der Waals surface area contributed by atoms with Gasteiger partial charge in [-0.1, -0.05) is 97.1 Å². The average molecular weight is 555 g/mol. The summed E-state index contributed by atoms with van der Waals surface area (Å²) < 4.78 is 6.01. The Bertz CT molecular complexity index is 2580. The summed E-state index contributed by atoms with van der Waals surface area (Å²) in [6.07, 6.45) is 0. The minimum absolute atomic E-state index is 0.343. The molecule has 0 saturated carbocycles. The zero-order chi connectivity index (χ0) is 28.5. The van der Waals surface area contributed by atoms with E-state index < -0.39 is 0 Å². The molecule has 0 saturated heterocycles. The minimum atomic E-state index is -0.343. The fraction of sp³-hybridized carbons (Fsp3) is 0. The van der Waals surface area contributed by atoms with Crippen LogP contribution in [0.4, 0.5) is 0 Å². The van der Waals surface area contributed by atoms with Crippen LogP contribution >= 0.6 is 0 Å². The van der Waals surface area contributed by atoms with Crippen molar-refractivity contribution in [3.05, 3.63) is 144 Å². The second-order valence-corrected chi connectivity index (χ2v) is 10.5. The van der Waals surface area contributed by atoms with E-state index in [9.17, 15) is 4.79 Å². The highest BCUT2D eigenvalue weighted by Gasteiger charge is 2.24. The summed E-state index contributed by atoms with van der Waals surface area (Å²) in [6, 6.07) is 44.3. The number of hydrogen-bond donors (Lipinski definition) is 0. The average Bonchev–Trinajstić information content (AvgIpc) is 3.58. The minimum Gasteiger partial charge on any atom is -0.278 e. The highest BCUT2D eigenvalue weighted by Crippen LogP contribution is 2.35. The first-order valence-corrected chi connectivity index (χ1v) is 14.1. The second kappa shape index (κ2) is 8.96. The zero-order valence-corrected chi connectivity index (χ0v) is 22.8. The van der Waals surface area contributed by atoms with Gasteiger partial charge in [-0.3, -0.25) is 18.3 Å². The molecule has 0 unspecified atom stereocenters. The Morgan fingerprint density at radius 1 is 0.488 bits per heavy atom. The topological polar surface area (TPSA) is 70.0 Å². The van der Waals surface area contributed by atoms with Crippen molar-refractivity contribution in [2.24, 2.45) is 0 Å². The zero-order valence-electron chi connectivity index (χ0n) is 22.8.